The Balaban J connectivity index is 2.43. The number of nitrogens with zero attached hydrogens (tertiary/aromatic N) is 1. The van der Waals surface area contributed by atoms with E-state index >= 15 is 0 Å². The molecule has 2 rings (SSSR count). The lowest BCUT2D eigenvalue weighted by Crippen LogP contribution is -2.17. The first kappa shape index (κ1) is 15.0. The molecule has 0 aromatic heterocycles. The molecule has 20 heavy (non-hydrogen) atoms. The van der Waals surface area contributed by atoms with Gasteiger partial charge >= 0.3 is 0 Å². The number of anilines is 2. The van der Waals surface area contributed by atoms with Gasteiger partial charge in [0.05, 0.1) is 11.8 Å². The van der Waals surface area contributed by atoms with Gasteiger partial charge in [-0.3, -0.25) is 0 Å². The van der Waals surface area contributed by atoms with E-state index in [9.17, 15) is 9.50 Å². The van der Waals surface area contributed by atoms with E-state index in [0.29, 0.717) is 12.2 Å². The second-order valence-electron chi connectivity index (χ2n) is 4.58. The van der Waals surface area contributed by atoms with Crippen molar-refractivity contribution < 1.29 is 9.50 Å². The lowest BCUT2D eigenvalue weighted by atomic mass is 10.1. The van der Waals surface area contributed by atoms with Gasteiger partial charge in [-0.2, -0.15) is 0 Å². The molecule has 2 nitrogen and oxygen atoms in total. The Hall–Kier alpha value is -1.39. The van der Waals surface area contributed by atoms with Crippen molar-refractivity contribution in [3.05, 3.63) is 58.3 Å². The summed E-state index contributed by atoms with van der Waals surface area (Å²) in [6, 6.07) is 12.4. The molecule has 2 aromatic carbocycles. The van der Waals surface area contributed by atoms with Crippen molar-refractivity contribution in [2.24, 2.45) is 0 Å². The molecule has 4 heteroatoms. The van der Waals surface area contributed by atoms with Crippen molar-refractivity contribution in [3.63, 3.8) is 0 Å². The van der Waals surface area contributed by atoms with Crippen LogP contribution in [0.25, 0.3) is 0 Å². The van der Waals surface area contributed by atoms with Crippen LogP contribution in [0.2, 0.25) is 0 Å². The minimum absolute atomic E-state index is 0.245. The average molecular weight is 338 g/mol. The molecule has 0 saturated heterocycles. The highest BCUT2D eigenvalue weighted by molar-refractivity contribution is 9.10. The third kappa shape index (κ3) is 3.02. The molecule has 1 N–H and O–H groups in total. The number of hydrogen-bond acceptors (Lipinski definition) is 2. The minimum atomic E-state index is -0.540. The van der Waals surface area contributed by atoms with E-state index < -0.39 is 6.10 Å². The number of halogens is 2. The molecule has 0 aliphatic carbocycles. The predicted molar refractivity (Wildman–Crippen MR) is 83.9 cm³/mol. The quantitative estimate of drug-likeness (QED) is 0.866. The summed E-state index contributed by atoms with van der Waals surface area (Å²) in [5.41, 5.74) is 2.25. The van der Waals surface area contributed by atoms with Crippen LogP contribution in [-0.2, 0) is 0 Å². The molecule has 0 aliphatic rings. The fourth-order valence-corrected chi connectivity index (χ4v) is 2.88. The summed E-state index contributed by atoms with van der Waals surface area (Å²) in [7, 11) is 0. The Morgan fingerprint density at radius 1 is 1.25 bits per heavy atom. The number of aliphatic hydroxyl groups is 1. The molecular weight excluding hydrogens is 321 g/mol. The van der Waals surface area contributed by atoms with E-state index in [1.807, 2.05) is 36.1 Å². The fraction of sp³-hybridized carbons (Fsp3) is 0.250. The Kier molecular flexibility index (Phi) is 4.78. The van der Waals surface area contributed by atoms with Crippen molar-refractivity contribution in [3.8, 4) is 0 Å². The van der Waals surface area contributed by atoms with Crippen LogP contribution in [0.3, 0.4) is 0 Å². The molecule has 0 unspecified atom stereocenters. The highest BCUT2D eigenvalue weighted by Gasteiger charge is 2.14. The molecule has 0 aliphatic heterocycles. The molecule has 106 valence electrons. The van der Waals surface area contributed by atoms with Crippen LogP contribution in [-0.4, -0.2) is 11.7 Å². The normalized spacial score (nSPS) is 12.2. The molecule has 0 saturated carbocycles. The van der Waals surface area contributed by atoms with E-state index in [4.69, 9.17) is 0 Å². The van der Waals surface area contributed by atoms with E-state index in [-0.39, 0.29) is 5.82 Å². The predicted octanol–water partition coefficient (Wildman–Crippen LogP) is 4.80. The van der Waals surface area contributed by atoms with E-state index in [0.717, 1.165) is 15.7 Å². The largest absolute Gasteiger partial charge is 0.389 e. The SMILES string of the molecule is CCN(c1ccc([C@@H](C)O)c(Br)c1)c1ccccc1F. The molecule has 0 radical (unpaired) electrons. The van der Waals surface area contributed by atoms with Gasteiger partial charge in [-0.05, 0) is 43.7 Å². The topological polar surface area (TPSA) is 23.5 Å². The zero-order valence-corrected chi connectivity index (χ0v) is 13.1. The molecule has 1 atom stereocenters. The Morgan fingerprint density at radius 3 is 2.50 bits per heavy atom. The Labute approximate surface area is 127 Å². The van der Waals surface area contributed by atoms with Crippen LogP contribution in [0.1, 0.15) is 25.5 Å². The maximum atomic E-state index is 13.9. The molecule has 0 bridgehead atoms. The molecular formula is C16H17BrFNO. The van der Waals surface area contributed by atoms with Gasteiger partial charge in [0.2, 0.25) is 0 Å². The third-order valence-corrected chi connectivity index (χ3v) is 3.89. The highest BCUT2D eigenvalue weighted by atomic mass is 79.9. The van der Waals surface area contributed by atoms with Crippen LogP contribution < -0.4 is 4.90 Å². The van der Waals surface area contributed by atoms with Gasteiger partial charge in [0, 0.05) is 16.7 Å². The third-order valence-electron chi connectivity index (χ3n) is 3.21. The lowest BCUT2D eigenvalue weighted by Gasteiger charge is -2.24. The summed E-state index contributed by atoms with van der Waals surface area (Å²) in [6.45, 7) is 4.35. The Morgan fingerprint density at radius 2 is 1.95 bits per heavy atom. The first-order chi connectivity index (χ1) is 9.54. The van der Waals surface area contributed by atoms with E-state index in [1.54, 1.807) is 19.1 Å². The van der Waals surface area contributed by atoms with Gasteiger partial charge in [-0.15, -0.1) is 0 Å². The maximum absolute atomic E-state index is 13.9. The standard InChI is InChI=1S/C16H17BrFNO/c1-3-19(16-7-5-4-6-15(16)18)12-8-9-13(11(2)20)14(17)10-12/h4-11,20H,3H2,1-2H3/t11-/m1/s1. The average Bonchev–Trinajstić information content (AvgIpc) is 2.41. The summed E-state index contributed by atoms with van der Waals surface area (Å²) >= 11 is 3.46. The van der Waals surface area contributed by atoms with Crippen LogP contribution >= 0.6 is 15.9 Å². The number of para-hydroxylation sites is 1. The van der Waals surface area contributed by atoms with Gasteiger partial charge in [0.25, 0.3) is 0 Å². The summed E-state index contributed by atoms with van der Waals surface area (Å²) in [5, 5.41) is 9.65. The number of hydrogen-bond donors (Lipinski definition) is 1. The number of rotatable bonds is 4. The van der Waals surface area contributed by atoms with Crippen molar-refractivity contribution in [2.75, 3.05) is 11.4 Å². The van der Waals surface area contributed by atoms with E-state index in [1.165, 1.54) is 6.07 Å². The summed E-state index contributed by atoms with van der Waals surface area (Å²) in [5.74, 6) is -0.245. The minimum Gasteiger partial charge on any atom is -0.389 e. The molecule has 2 aromatic rings. The number of benzene rings is 2. The molecule has 0 amide bonds. The first-order valence-corrected chi connectivity index (χ1v) is 7.33. The van der Waals surface area contributed by atoms with Crippen LogP contribution in [0, 0.1) is 5.82 Å². The van der Waals surface area contributed by atoms with Gasteiger partial charge in [0.15, 0.2) is 0 Å². The monoisotopic (exact) mass is 337 g/mol. The van der Waals surface area contributed by atoms with Crippen molar-refractivity contribution in [1.29, 1.82) is 0 Å². The van der Waals surface area contributed by atoms with Gasteiger partial charge in [-0.25, -0.2) is 4.39 Å². The summed E-state index contributed by atoms with van der Waals surface area (Å²) in [4.78, 5) is 1.89. The van der Waals surface area contributed by atoms with Gasteiger partial charge < -0.3 is 10.0 Å². The lowest BCUT2D eigenvalue weighted by molar-refractivity contribution is 0.198. The van der Waals surface area contributed by atoms with Crippen LogP contribution in [0.15, 0.2) is 46.9 Å². The second-order valence-corrected chi connectivity index (χ2v) is 5.43. The smallest absolute Gasteiger partial charge is 0.146 e. The van der Waals surface area contributed by atoms with Crippen molar-refractivity contribution in [1.82, 2.24) is 0 Å². The highest BCUT2D eigenvalue weighted by Crippen LogP contribution is 2.32. The summed E-state index contributed by atoms with van der Waals surface area (Å²) in [6.07, 6.45) is -0.540. The Bertz CT molecular complexity index is 601. The van der Waals surface area contributed by atoms with Crippen LogP contribution in [0.5, 0.6) is 0 Å². The zero-order chi connectivity index (χ0) is 14.7. The van der Waals surface area contributed by atoms with Crippen molar-refractivity contribution in [2.45, 2.75) is 20.0 Å². The van der Waals surface area contributed by atoms with Crippen molar-refractivity contribution >= 4 is 27.3 Å². The summed E-state index contributed by atoms with van der Waals surface area (Å²) < 4.78 is 14.7. The first-order valence-electron chi connectivity index (χ1n) is 6.54. The fourth-order valence-electron chi connectivity index (χ4n) is 2.19. The maximum Gasteiger partial charge on any atom is 0.146 e. The molecule has 0 heterocycles. The van der Waals surface area contributed by atoms with E-state index in [2.05, 4.69) is 15.9 Å². The molecule has 0 fully saturated rings. The molecule has 0 spiro atoms. The second kappa shape index (κ2) is 6.37. The van der Waals surface area contributed by atoms with Crippen LogP contribution in [0.4, 0.5) is 15.8 Å². The number of aliphatic hydroxyl groups excluding tert-OH is 1. The van der Waals surface area contributed by atoms with Gasteiger partial charge in [-0.1, -0.05) is 34.1 Å². The zero-order valence-electron chi connectivity index (χ0n) is 11.5. The van der Waals surface area contributed by atoms with Gasteiger partial charge in [0.1, 0.15) is 5.82 Å².